The molecule has 1 aromatic carbocycles. The van der Waals surface area contributed by atoms with Crippen molar-refractivity contribution >= 4 is 9.24 Å². The molecule has 0 saturated carbocycles. The van der Waals surface area contributed by atoms with Gasteiger partial charge in [-0.2, -0.15) is 14.0 Å². The molecule has 0 amide bonds. The monoisotopic (exact) mass is 391 g/mol. The number of benzene rings is 1. The zero-order valence-electron chi connectivity index (χ0n) is 14.7. The second-order valence-electron chi connectivity index (χ2n) is 6.64. The van der Waals surface area contributed by atoms with Crippen molar-refractivity contribution in [3.8, 4) is 17.5 Å². The third kappa shape index (κ3) is 3.88. The van der Waals surface area contributed by atoms with Crippen molar-refractivity contribution in [1.82, 2.24) is 20.0 Å². The predicted octanol–water partition coefficient (Wildman–Crippen LogP) is 4.32. The SMILES string of the molecule is CC(C)(F)c1ccc(Cn2cccc2-c2nn[nH]c2C#N)c(C(F)(F)P)c1. The summed E-state index contributed by atoms with van der Waals surface area (Å²) < 4.78 is 44.2. The number of hydrogen-bond donors (Lipinski definition) is 1. The Balaban J connectivity index is 2.05. The molecule has 0 fully saturated rings. The van der Waals surface area contributed by atoms with Crippen molar-refractivity contribution in [2.24, 2.45) is 0 Å². The second kappa shape index (κ2) is 6.82. The van der Waals surface area contributed by atoms with E-state index >= 15 is 0 Å². The Morgan fingerprint density at radius 1 is 1.26 bits per heavy atom. The Kier molecular flexibility index (Phi) is 4.83. The Morgan fingerprint density at radius 2 is 2.00 bits per heavy atom. The first-order chi connectivity index (χ1) is 12.6. The van der Waals surface area contributed by atoms with E-state index < -0.39 is 11.3 Å². The summed E-state index contributed by atoms with van der Waals surface area (Å²) in [7, 11) is 1.50. The molecule has 0 spiro atoms. The van der Waals surface area contributed by atoms with Gasteiger partial charge in [0.15, 0.2) is 5.69 Å². The van der Waals surface area contributed by atoms with Crippen LogP contribution >= 0.6 is 9.24 Å². The molecule has 27 heavy (non-hydrogen) atoms. The molecule has 1 atom stereocenters. The van der Waals surface area contributed by atoms with Gasteiger partial charge in [0, 0.05) is 18.3 Å². The zero-order valence-corrected chi connectivity index (χ0v) is 15.8. The maximum Gasteiger partial charge on any atom is 0.284 e. The molecule has 3 aromatic rings. The van der Waals surface area contributed by atoms with Gasteiger partial charge in [-0.3, -0.25) is 0 Å². The van der Waals surface area contributed by atoms with Crippen molar-refractivity contribution in [3.63, 3.8) is 0 Å². The van der Waals surface area contributed by atoms with Crippen LogP contribution in [0.3, 0.4) is 0 Å². The first kappa shape index (κ1) is 19.1. The largest absolute Gasteiger partial charge is 0.342 e. The molecular formula is C18H17F3N5P. The summed E-state index contributed by atoms with van der Waals surface area (Å²) in [6.07, 6.45) is 1.70. The Hall–Kier alpha value is -2.65. The lowest BCUT2D eigenvalue weighted by molar-refractivity contribution is 0.102. The molecule has 1 N–H and O–H groups in total. The quantitative estimate of drug-likeness (QED) is 0.659. The molecule has 2 aromatic heterocycles. The van der Waals surface area contributed by atoms with Crippen molar-refractivity contribution < 1.29 is 13.2 Å². The summed E-state index contributed by atoms with van der Waals surface area (Å²) in [5.41, 5.74) is -3.62. The summed E-state index contributed by atoms with van der Waals surface area (Å²) in [5, 5.41) is 19.1. The number of alkyl halides is 3. The molecule has 2 heterocycles. The van der Waals surface area contributed by atoms with Crippen LogP contribution in [0, 0.1) is 11.3 Å². The fraction of sp³-hybridized carbons (Fsp3) is 0.278. The number of nitrogens with zero attached hydrogens (tertiary/aromatic N) is 4. The first-order valence-corrected chi connectivity index (χ1v) is 8.65. The summed E-state index contributed by atoms with van der Waals surface area (Å²) in [6, 6.07) is 9.61. The average Bonchev–Trinajstić information content (AvgIpc) is 3.21. The fourth-order valence-corrected chi connectivity index (χ4v) is 3.10. The molecule has 9 heteroatoms. The van der Waals surface area contributed by atoms with Gasteiger partial charge in [0.25, 0.3) is 5.66 Å². The minimum Gasteiger partial charge on any atom is -0.342 e. The Morgan fingerprint density at radius 3 is 2.63 bits per heavy atom. The van der Waals surface area contributed by atoms with Crippen LogP contribution in [-0.4, -0.2) is 20.0 Å². The number of aromatic amines is 1. The van der Waals surface area contributed by atoms with Crippen molar-refractivity contribution in [2.75, 3.05) is 0 Å². The molecule has 0 aliphatic rings. The highest BCUT2D eigenvalue weighted by Gasteiger charge is 2.31. The van der Waals surface area contributed by atoms with Crippen molar-refractivity contribution in [1.29, 1.82) is 5.26 Å². The van der Waals surface area contributed by atoms with E-state index in [2.05, 4.69) is 15.4 Å². The van der Waals surface area contributed by atoms with E-state index in [4.69, 9.17) is 5.26 Å². The normalized spacial score (nSPS) is 12.2. The van der Waals surface area contributed by atoms with Crippen LogP contribution in [-0.2, 0) is 17.9 Å². The summed E-state index contributed by atoms with van der Waals surface area (Å²) in [5.74, 6) is 0. The number of H-pyrrole nitrogens is 1. The van der Waals surface area contributed by atoms with Gasteiger partial charge < -0.3 is 4.57 Å². The van der Waals surface area contributed by atoms with Crippen molar-refractivity contribution in [2.45, 2.75) is 31.7 Å². The van der Waals surface area contributed by atoms with Crippen LogP contribution < -0.4 is 0 Å². The van der Waals surface area contributed by atoms with E-state index in [0.717, 1.165) is 0 Å². The number of rotatable bonds is 5. The molecule has 0 aliphatic carbocycles. The average molecular weight is 391 g/mol. The third-order valence-corrected chi connectivity index (χ3v) is 4.54. The smallest absolute Gasteiger partial charge is 0.284 e. The number of nitriles is 1. The van der Waals surface area contributed by atoms with Crippen LogP contribution in [0.2, 0.25) is 0 Å². The molecule has 3 rings (SSSR count). The van der Waals surface area contributed by atoms with Gasteiger partial charge in [-0.1, -0.05) is 26.6 Å². The van der Waals surface area contributed by atoms with E-state index in [1.165, 1.54) is 41.3 Å². The van der Waals surface area contributed by atoms with Crippen molar-refractivity contribution in [3.05, 3.63) is 58.9 Å². The summed E-state index contributed by atoms with van der Waals surface area (Å²) in [6.45, 7) is 2.75. The minimum atomic E-state index is -3.21. The van der Waals surface area contributed by atoms with E-state index in [1.807, 2.05) is 6.07 Å². The van der Waals surface area contributed by atoms with E-state index in [1.54, 1.807) is 22.9 Å². The molecule has 140 valence electrons. The molecule has 1 unspecified atom stereocenters. The second-order valence-corrected chi connectivity index (χ2v) is 7.36. The van der Waals surface area contributed by atoms with Gasteiger partial charge in [-0.25, -0.2) is 9.49 Å². The van der Waals surface area contributed by atoms with Crippen LogP contribution in [0.5, 0.6) is 0 Å². The molecule has 0 saturated heterocycles. The fourth-order valence-electron chi connectivity index (χ4n) is 2.83. The minimum absolute atomic E-state index is 0.104. The molecule has 0 aliphatic heterocycles. The van der Waals surface area contributed by atoms with Gasteiger partial charge in [0.1, 0.15) is 17.4 Å². The predicted molar refractivity (Wildman–Crippen MR) is 97.8 cm³/mol. The molecule has 0 radical (unpaired) electrons. The number of nitrogens with one attached hydrogen (secondary N) is 1. The van der Waals surface area contributed by atoms with Gasteiger partial charge >= 0.3 is 0 Å². The topological polar surface area (TPSA) is 70.3 Å². The van der Waals surface area contributed by atoms with Crippen LogP contribution in [0.1, 0.15) is 36.2 Å². The maximum atomic E-state index is 14.2. The van der Waals surface area contributed by atoms with E-state index in [-0.39, 0.29) is 23.4 Å². The summed E-state index contributed by atoms with van der Waals surface area (Å²) in [4.78, 5) is 0. The van der Waals surface area contributed by atoms with Gasteiger partial charge in [-0.15, -0.1) is 5.10 Å². The zero-order chi connectivity index (χ0) is 19.8. The Bertz CT molecular complexity index is 1010. The van der Waals surface area contributed by atoms with Gasteiger partial charge in [0.05, 0.1) is 5.69 Å². The lowest BCUT2D eigenvalue weighted by Gasteiger charge is -2.22. The van der Waals surface area contributed by atoms with Gasteiger partial charge in [0.2, 0.25) is 0 Å². The van der Waals surface area contributed by atoms with Crippen LogP contribution in [0.15, 0.2) is 36.5 Å². The number of aromatic nitrogens is 4. The maximum absolute atomic E-state index is 14.2. The standard InChI is InChI=1S/C18H17F3N5P/c1-17(2,19)12-6-5-11(13(8-12)18(20,21)27)10-26-7-3-4-15(26)16-14(9-22)23-25-24-16/h3-8H,10,27H2,1-2H3,(H,23,24,25). The van der Waals surface area contributed by atoms with E-state index in [9.17, 15) is 13.2 Å². The van der Waals surface area contributed by atoms with E-state index in [0.29, 0.717) is 17.0 Å². The third-order valence-electron chi connectivity index (χ3n) is 4.23. The highest BCUT2D eigenvalue weighted by Crippen LogP contribution is 2.40. The lowest BCUT2D eigenvalue weighted by atomic mass is 9.95. The number of hydrogen-bond acceptors (Lipinski definition) is 3. The highest BCUT2D eigenvalue weighted by molar-refractivity contribution is 7.17. The van der Waals surface area contributed by atoms with Crippen LogP contribution in [0.25, 0.3) is 11.4 Å². The highest BCUT2D eigenvalue weighted by atomic mass is 31.0. The van der Waals surface area contributed by atoms with Gasteiger partial charge in [-0.05, 0) is 43.2 Å². The summed E-state index contributed by atoms with van der Waals surface area (Å²) >= 11 is 0. The molecule has 5 nitrogen and oxygen atoms in total. The first-order valence-electron chi connectivity index (χ1n) is 8.07. The lowest BCUT2D eigenvalue weighted by Crippen LogP contribution is -2.15. The number of halogens is 3. The van der Waals surface area contributed by atoms with Crippen LogP contribution in [0.4, 0.5) is 13.2 Å². The molecule has 0 bridgehead atoms. The Labute approximate surface area is 156 Å². The molecular weight excluding hydrogens is 374 g/mol.